The van der Waals surface area contributed by atoms with Gasteiger partial charge in [0, 0.05) is 18.0 Å². The Kier molecular flexibility index (Phi) is 6.24. The van der Waals surface area contributed by atoms with E-state index >= 15 is 0 Å². The standard InChI is InChI=1S/C16H21N3O3S3/c20-16(18-10-12-3-1-6-17-9-12)15-14(5-8-24-15)25(21,22)19-11-13-4-2-7-23-13/h2,4-5,7-8,12,17,19H,1,3,6,9-11H2,(H,18,20). The van der Waals surface area contributed by atoms with Crippen molar-refractivity contribution < 1.29 is 13.2 Å². The molecule has 136 valence electrons. The topological polar surface area (TPSA) is 87.3 Å². The van der Waals surface area contributed by atoms with Crippen LogP contribution in [0.15, 0.2) is 33.9 Å². The first-order valence-corrected chi connectivity index (χ1v) is 11.4. The lowest BCUT2D eigenvalue weighted by Gasteiger charge is -2.22. The summed E-state index contributed by atoms with van der Waals surface area (Å²) in [5.41, 5.74) is 0. The van der Waals surface area contributed by atoms with Gasteiger partial charge in [0.1, 0.15) is 9.77 Å². The Bertz CT molecular complexity index is 794. The Morgan fingerprint density at radius 3 is 2.88 bits per heavy atom. The molecule has 0 radical (unpaired) electrons. The van der Waals surface area contributed by atoms with Crippen LogP contribution in [0.1, 0.15) is 27.4 Å². The highest BCUT2D eigenvalue weighted by atomic mass is 32.2. The molecule has 25 heavy (non-hydrogen) atoms. The zero-order valence-corrected chi connectivity index (χ0v) is 16.1. The average Bonchev–Trinajstić information content (AvgIpc) is 3.30. The van der Waals surface area contributed by atoms with Crippen molar-refractivity contribution in [2.45, 2.75) is 24.3 Å². The minimum atomic E-state index is -3.72. The van der Waals surface area contributed by atoms with E-state index in [-0.39, 0.29) is 22.2 Å². The van der Waals surface area contributed by atoms with Crippen molar-refractivity contribution in [1.29, 1.82) is 0 Å². The van der Waals surface area contributed by atoms with Gasteiger partial charge in [-0.15, -0.1) is 22.7 Å². The number of amides is 1. The molecule has 1 fully saturated rings. The quantitative estimate of drug-likeness (QED) is 0.665. The molecule has 1 saturated heterocycles. The Morgan fingerprint density at radius 1 is 1.28 bits per heavy atom. The van der Waals surface area contributed by atoms with Crippen LogP contribution in [-0.2, 0) is 16.6 Å². The van der Waals surface area contributed by atoms with Gasteiger partial charge in [0.2, 0.25) is 10.0 Å². The zero-order chi connectivity index (χ0) is 17.7. The summed E-state index contributed by atoms with van der Waals surface area (Å²) in [4.78, 5) is 13.7. The molecule has 0 aliphatic carbocycles. The highest BCUT2D eigenvalue weighted by Crippen LogP contribution is 2.22. The second-order valence-corrected chi connectivity index (χ2v) is 9.62. The molecule has 1 unspecified atom stereocenters. The number of nitrogens with one attached hydrogen (secondary N) is 3. The largest absolute Gasteiger partial charge is 0.351 e. The van der Waals surface area contributed by atoms with E-state index in [1.54, 1.807) is 5.38 Å². The summed E-state index contributed by atoms with van der Waals surface area (Å²) in [7, 11) is -3.72. The maximum absolute atomic E-state index is 12.5. The van der Waals surface area contributed by atoms with E-state index < -0.39 is 10.0 Å². The smallest absolute Gasteiger partial charge is 0.262 e. The van der Waals surface area contributed by atoms with Crippen LogP contribution in [0.4, 0.5) is 0 Å². The van der Waals surface area contributed by atoms with E-state index in [0.29, 0.717) is 12.5 Å². The fraction of sp³-hybridized carbons (Fsp3) is 0.438. The van der Waals surface area contributed by atoms with Crippen LogP contribution in [0.25, 0.3) is 0 Å². The van der Waals surface area contributed by atoms with Crippen molar-refractivity contribution in [3.05, 3.63) is 38.7 Å². The van der Waals surface area contributed by atoms with Gasteiger partial charge in [0.25, 0.3) is 5.91 Å². The van der Waals surface area contributed by atoms with Gasteiger partial charge in [0.15, 0.2) is 0 Å². The molecule has 6 nitrogen and oxygen atoms in total. The molecule has 1 aliphatic heterocycles. The SMILES string of the molecule is O=C(NCC1CCCNC1)c1sccc1S(=O)(=O)NCc1cccs1. The summed E-state index contributed by atoms with van der Waals surface area (Å²) in [6.07, 6.45) is 2.18. The normalized spacial score (nSPS) is 18.2. The van der Waals surface area contributed by atoms with Crippen LogP contribution in [0.3, 0.4) is 0 Å². The van der Waals surface area contributed by atoms with Gasteiger partial charge in [-0.05, 0) is 54.7 Å². The van der Waals surface area contributed by atoms with Crippen LogP contribution in [0.5, 0.6) is 0 Å². The van der Waals surface area contributed by atoms with E-state index in [2.05, 4.69) is 15.4 Å². The molecule has 3 rings (SSSR count). The number of hydrogen-bond acceptors (Lipinski definition) is 6. The first-order valence-electron chi connectivity index (χ1n) is 8.15. The van der Waals surface area contributed by atoms with Gasteiger partial charge in [-0.25, -0.2) is 13.1 Å². The molecule has 1 atom stereocenters. The lowest BCUT2D eigenvalue weighted by molar-refractivity contribution is 0.0946. The molecule has 0 aromatic carbocycles. The third kappa shape index (κ3) is 4.89. The maximum atomic E-state index is 12.5. The molecule has 3 heterocycles. The van der Waals surface area contributed by atoms with Crippen LogP contribution in [0, 0.1) is 5.92 Å². The summed E-state index contributed by atoms with van der Waals surface area (Å²) < 4.78 is 27.6. The summed E-state index contributed by atoms with van der Waals surface area (Å²) >= 11 is 2.64. The highest BCUT2D eigenvalue weighted by molar-refractivity contribution is 7.89. The third-order valence-corrected chi connectivity index (χ3v) is 7.45. The number of sulfonamides is 1. The molecule has 1 aliphatic rings. The van der Waals surface area contributed by atoms with E-state index in [1.165, 1.54) is 17.4 Å². The predicted molar refractivity (Wildman–Crippen MR) is 101 cm³/mol. The third-order valence-electron chi connectivity index (χ3n) is 4.09. The summed E-state index contributed by atoms with van der Waals surface area (Å²) in [6.45, 7) is 2.70. The Labute approximate surface area is 155 Å². The van der Waals surface area contributed by atoms with E-state index in [1.807, 2.05) is 17.5 Å². The van der Waals surface area contributed by atoms with Gasteiger partial charge in [-0.1, -0.05) is 6.07 Å². The van der Waals surface area contributed by atoms with Crippen LogP contribution >= 0.6 is 22.7 Å². The average molecular weight is 400 g/mol. The minimum Gasteiger partial charge on any atom is -0.351 e. The molecule has 1 amide bonds. The predicted octanol–water partition coefficient (Wildman–Crippen LogP) is 2.02. The summed E-state index contributed by atoms with van der Waals surface area (Å²) in [6, 6.07) is 5.23. The molecule has 2 aromatic rings. The molecule has 3 N–H and O–H groups in total. The summed E-state index contributed by atoms with van der Waals surface area (Å²) in [5, 5.41) is 9.72. The van der Waals surface area contributed by atoms with E-state index in [4.69, 9.17) is 0 Å². The molecule has 9 heteroatoms. The maximum Gasteiger partial charge on any atom is 0.262 e. The van der Waals surface area contributed by atoms with Crippen molar-refractivity contribution in [3.63, 3.8) is 0 Å². The van der Waals surface area contributed by atoms with E-state index in [0.717, 1.165) is 42.1 Å². The second-order valence-electron chi connectivity index (χ2n) is 5.94. The first-order chi connectivity index (χ1) is 12.1. The van der Waals surface area contributed by atoms with Crippen molar-refractivity contribution >= 4 is 38.6 Å². The number of thiophene rings is 2. The first kappa shape index (κ1) is 18.5. The fourth-order valence-electron chi connectivity index (χ4n) is 2.75. The second kappa shape index (κ2) is 8.41. The number of carbonyl (C=O) groups excluding carboxylic acids is 1. The Hall–Kier alpha value is -1.26. The van der Waals surface area contributed by atoms with Gasteiger partial charge in [-0.3, -0.25) is 4.79 Å². The molecular formula is C16H21N3O3S3. The molecule has 0 spiro atoms. The zero-order valence-electron chi connectivity index (χ0n) is 13.7. The fourth-order valence-corrected chi connectivity index (χ4v) is 5.83. The van der Waals surface area contributed by atoms with Gasteiger partial charge in [0.05, 0.1) is 0 Å². The highest BCUT2D eigenvalue weighted by Gasteiger charge is 2.24. The summed E-state index contributed by atoms with van der Waals surface area (Å²) in [5.74, 6) is 0.0757. The van der Waals surface area contributed by atoms with Crippen molar-refractivity contribution in [2.75, 3.05) is 19.6 Å². The Morgan fingerprint density at radius 2 is 2.16 bits per heavy atom. The van der Waals surface area contributed by atoms with Gasteiger partial charge in [-0.2, -0.15) is 0 Å². The van der Waals surface area contributed by atoms with Crippen LogP contribution in [-0.4, -0.2) is 34.0 Å². The van der Waals surface area contributed by atoms with E-state index in [9.17, 15) is 13.2 Å². The van der Waals surface area contributed by atoms with Crippen molar-refractivity contribution in [1.82, 2.24) is 15.4 Å². The molecule has 2 aromatic heterocycles. The Balaban J connectivity index is 1.63. The van der Waals surface area contributed by atoms with Crippen molar-refractivity contribution in [2.24, 2.45) is 5.92 Å². The van der Waals surface area contributed by atoms with Crippen LogP contribution < -0.4 is 15.4 Å². The monoisotopic (exact) mass is 399 g/mol. The van der Waals surface area contributed by atoms with Crippen LogP contribution in [0.2, 0.25) is 0 Å². The minimum absolute atomic E-state index is 0.0494. The number of hydrogen-bond donors (Lipinski definition) is 3. The van der Waals surface area contributed by atoms with Crippen molar-refractivity contribution in [3.8, 4) is 0 Å². The van der Waals surface area contributed by atoms with Gasteiger partial charge < -0.3 is 10.6 Å². The number of carbonyl (C=O) groups is 1. The lowest BCUT2D eigenvalue weighted by Crippen LogP contribution is -2.38. The number of piperidine rings is 1. The molecule has 0 saturated carbocycles. The molecular weight excluding hydrogens is 378 g/mol. The number of rotatable bonds is 7. The lowest BCUT2D eigenvalue weighted by atomic mass is 10.00. The van der Waals surface area contributed by atoms with Gasteiger partial charge >= 0.3 is 0 Å². The molecule has 0 bridgehead atoms.